The molecule has 1 aromatic rings. The summed E-state index contributed by atoms with van der Waals surface area (Å²) >= 11 is 0. The van der Waals surface area contributed by atoms with Crippen LogP contribution in [0.25, 0.3) is 0 Å². The highest BCUT2D eigenvalue weighted by Gasteiger charge is 2.15. The van der Waals surface area contributed by atoms with Crippen LogP contribution >= 0.6 is 0 Å². The molecule has 1 N–H and O–H groups in total. The van der Waals surface area contributed by atoms with Crippen molar-refractivity contribution in [2.24, 2.45) is 0 Å². The molecule has 1 aromatic carbocycles. The molecule has 0 atom stereocenters. The summed E-state index contributed by atoms with van der Waals surface area (Å²) in [5.74, 6) is -0.495. The van der Waals surface area contributed by atoms with Crippen LogP contribution < -0.4 is 4.72 Å². The number of esters is 1. The third-order valence-electron chi connectivity index (χ3n) is 1.98. The molecule has 0 amide bonds. The minimum absolute atomic E-state index is 0.124. The van der Waals surface area contributed by atoms with E-state index in [1.807, 2.05) is 0 Å². The molecular weight excluding hydrogens is 242 g/mol. The lowest BCUT2D eigenvalue weighted by Crippen LogP contribution is -2.30. The van der Waals surface area contributed by atoms with Crippen molar-refractivity contribution < 1.29 is 17.9 Å². The van der Waals surface area contributed by atoms with E-state index in [9.17, 15) is 13.2 Å². The second-order valence-electron chi connectivity index (χ2n) is 3.79. The molecule has 0 saturated heterocycles. The van der Waals surface area contributed by atoms with E-state index in [2.05, 4.69) is 9.46 Å². The fraction of sp³-hybridized carbons (Fsp3) is 0.364. The van der Waals surface area contributed by atoms with Crippen molar-refractivity contribution in [2.75, 3.05) is 7.11 Å². The van der Waals surface area contributed by atoms with E-state index < -0.39 is 16.0 Å². The largest absolute Gasteiger partial charge is 0.465 e. The van der Waals surface area contributed by atoms with Crippen LogP contribution in [0, 0.1) is 0 Å². The predicted molar refractivity (Wildman–Crippen MR) is 63.2 cm³/mol. The first-order chi connectivity index (χ1) is 7.86. The first-order valence-corrected chi connectivity index (χ1v) is 6.56. The molecule has 0 aromatic heterocycles. The Labute approximate surface area is 101 Å². The molecule has 0 aliphatic heterocycles. The summed E-state index contributed by atoms with van der Waals surface area (Å²) in [5, 5.41) is 0. The second-order valence-corrected chi connectivity index (χ2v) is 5.51. The van der Waals surface area contributed by atoms with Crippen LogP contribution in [0.1, 0.15) is 24.2 Å². The second kappa shape index (κ2) is 5.29. The number of hydrogen-bond donors (Lipinski definition) is 1. The Morgan fingerprint density at radius 1 is 1.24 bits per heavy atom. The molecule has 0 aliphatic rings. The number of hydrogen-bond acceptors (Lipinski definition) is 4. The summed E-state index contributed by atoms with van der Waals surface area (Å²) in [5.41, 5.74) is 0.316. The molecule has 0 fully saturated rings. The summed E-state index contributed by atoms with van der Waals surface area (Å²) in [4.78, 5) is 11.3. The topological polar surface area (TPSA) is 72.5 Å². The molecule has 17 heavy (non-hydrogen) atoms. The maximum Gasteiger partial charge on any atom is 0.337 e. The highest BCUT2D eigenvalue weighted by molar-refractivity contribution is 7.89. The Morgan fingerprint density at radius 3 is 2.18 bits per heavy atom. The van der Waals surface area contributed by atoms with Gasteiger partial charge in [0.1, 0.15) is 0 Å². The maximum atomic E-state index is 11.8. The Hall–Kier alpha value is -1.40. The van der Waals surface area contributed by atoms with Gasteiger partial charge in [-0.3, -0.25) is 0 Å². The minimum Gasteiger partial charge on any atom is -0.465 e. The molecular formula is C11H15NO4S. The van der Waals surface area contributed by atoms with E-state index in [0.29, 0.717) is 5.56 Å². The summed E-state index contributed by atoms with van der Waals surface area (Å²) in [6, 6.07) is 5.40. The normalized spacial score (nSPS) is 11.5. The Bertz CT molecular complexity index is 491. The molecule has 94 valence electrons. The van der Waals surface area contributed by atoms with Crippen molar-refractivity contribution in [2.45, 2.75) is 24.8 Å². The van der Waals surface area contributed by atoms with Gasteiger partial charge in [0.05, 0.1) is 17.6 Å². The number of rotatable bonds is 4. The zero-order valence-corrected chi connectivity index (χ0v) is 10.7. The molecule has 0 unspecified atom stereocenters. The van der Waals surface area contributed by atoms with Crippen LogP contribution in [0.5, 0.6) is 0 Å². The van der Waals surface area contributed by atoms with Gasteiger partial charge in [0.2, 0.25) is 10.0 Å². The molecule has 0 bridgehead atoms. The van der Waals surface area contributed by atoms with Gasteiger partial charge in [-0.05, 0) is 38.1 Å². The molecule has 0 radical (unpaired) electrons. The molecule has 6 heteroatoms. The maximum absolute atomic E-state index is 11.8. The Balaban J connectivity index is 2.99. The van der Waals surface area contributed by atoms with Gasteiger partial charge in [0.25, 0.3) is 0 Å². The van der Waals surface area contributed by atoms with Gasteiger partial charge in [-0.15, -0.1) is 0 Å². The van der Waals surface area contributed by atoms with Crippen LogP contribution in [-0.2, 0) is 14.8 Å². The number of carbonyl (C=O) groups is 1. The van der Waals surface area contributed by atoms with E-state index in [-0.39, 0.29) is 10.9 Å². The lowest BCUT2D eigenvalue weighted by atomic mass is 10.2. The van der Waals surface area contributed by atoms with E-state index in [1.54, 1.807) is 13.8 Å². The molecule has 0 heterocycles. The highest BCUT2D eigenvalue weighted by atomic mass is 32.2. The fourth-order valence-electron chi connectivity index (χ4n) is 1.27. The SMILES string of the molecule is COC(=O)c1ccc(S(=O)(=O)NC(C)C)cc1. The average molecular weight is 257 g/mol. The number of methoxy groups -OCH3 is 1. The number of sulfonamides is 1. The Kier molecular flexibility index (Phi) is 4.25. The standard InChI is InChI=1S/C11H15NO4S/c1-8(2)12-17(14,15)10-6-4-9(5-7-10)11(13)16-3/h4-8,12H,1-3H3. The summed E-state index contributed by atoms with van der Waals surface area (Å²) in [6.45, 7) is 3.47. The monoisotopic (exact) mass is 257 g/mol. The fourth-order valence-corrected chi connectivity index (χ4v) is 2.52. The number of nitrogens with one attached hydrogen (secondary N) is 1. The molecule has 1 rings (SSSR count). The highest BCUT2D eigenvalue weighted by Crippen LogP contribution is 2.11. The van der Waals surface area contributed by atoms with Crippen molar-refractivity contribution in [3.05, 3.63) is 29.8 Å². The smallest absolute Gasteiger partial charge is 0.337 e. The van der Waals surface area contributed by atoms with Crippen LogP contribution in [0.2, 0.25) is 0 Å². The molecule has 0 saturated carbocycles. The zero-order chi connectivity index (χ0) is 13.1. The van der Waals surface area contributed by atoms with Gasteiger partial charge in [-0.2, -0.15) is 0 Å². The van der Waals surface area contributed by atoms with Crippen molar-refractivity contribution in [3.63, 3.8) is 0 Å². The van der Waals surface area contributed by atoms with Gasteiger partial charge in [-0.25, -0.2) is 17.9 Å². The van der Waals surface area contributed by atoms with Gasteiger partial charge < -0.3 is 4.74 Å². The van der Waals surface area contributed by atoms with Gasteiger partial charge >= 0.3 is 5.97 Å². The lowest BCUT2D eigenvalue weighted by molar-refractivity contribution is 0.0600. The third-order valence-corrected chi connectivity index (χ3v) is 3.65. The Morgan fingerprint density at radius 2 is 1.76 bits per heavy atom. The van der Waals surface area contributed by atoms with Crippen LogP contribution in [0.15, 0.2) is 29.2 Å². The predicted octanol–water partition coefficient (Wildman–Crippen LogP) is 1.16. The molecule has 0 spiro atoms. The summed E-state index contributed by atoms with van der Waals surface area (Å²) in [7, 11) is -2.24. The number of carbonyl (C=O) groups excluding carboxylic acids is 1. The van der Waals surface area contributed by atoms with Gasteiger partial charge in [0.15, 0.2) is 0 Å². The first-order valence-electron chi connectivity index (χ1n) is 5.07. The van der Waals surface area contributed by atoms with Crippen molar-refractivity contribution in [1.82, 2.24) is 4.72 Å². The van der Waals surface area contributed by atoms with E-state index in [4.69, 9.17) is 0 Å². The number of benzene rings is 1. The number of ether oxygens (including phenoxy) is 1. The van der Waals surface area contributed by atoms with Crippen LogP contribution in [0.3, 0.4) is 0 Å². The molecule has 0 aliphatic carbocycles. The van der Waals surface area contributed by atoms with E-state index in [0.717, 1.165) is 0 Å². The van der Waals surface area contributed by atoms with Crippen molar-refractivity contribution in [1.29, 1.82) is 0 Å². The first kappa shape index (κ1) is 13.7. The van der Waals surface area contributed by atoms with Crippen molar-refractivity contribution in [3.8, 4) is 0 Å². The summed E-state index contributed by atoms with van der Waals surface area (Å²) < 4.78 is 30.5. The van der Waals surface area contributed by atoms with Gasteiger partial charge in [-0.1, -0.05) is 0 Å². The van der Waals surface area contributed by atoms with Gasteiger partial charge in [0, 0.05) is 6.04 Å². The quantitative estimate of drug-likeness (QED) is 0.821. The van der Waals surface area contributed by atoms with E-state index in [1.165, 1.54) is 31.4 Å². The zero-order valence-electron chi connectivity index (χ0n) is 9.93. The van der Waals surface area contributed by atoms with E-state index >= 15 is 0 Å². The summed E-state index contributed by atoms with van der Waals surface area (Å²) in [6.07, 6.45) is 0. The average Bonchev–Trinajstić information content (AvgIpc) is 2.26. The molecule has 5 nitrogen and oxygen atoms in total. The van der Waals surface area contributed by atoms with Crippen LogP contribution in [-0.4, -0.2) is 27.5 Å². The minimum atomic E-state index is -3.51. The lowest BCUT2D eigenvalue weighted by Gasteiger charge is -2.09. The van der Waals surface area contributed by atoms with Crippen LogP contribution in [0.4, 0.5) is 0 Å². The van der Waals surface area contributed by atoms with Crippen molar-refractivity contribution >= 4 is 16.0 Å². The third kappa shape index (κ3) is 3.54.